The van der Waals surface area contributed by atoms with Gasteiger partial charge in [0.1, 0.15) is 6.33 Å². The molecule has 0 spiro atoms. The molecule has 0 bridgehead atoms. The van der Waals surface area contributed by atoms with Crippen molar-refractivity contribution in [1.29, 1.82) is 0 Å². The van der Waals surface area contributed by atoms with E-state index in [9.17, 15) is 18.0 Å². The molecule has 0 N–H and O–H groups in total. The summed E-state index contributed by atoms with van der Waals surface area (Å²) in [4.78, 5) is 16.9. The van der Waals surface area contributed by atoms with Crippen molar-refractivity contribution in [2.75, 3.05) is 0 Å². The minimum atomic E-state index is -4.52. The molecule has 4 aromatic rings. The van der Waals surface area contributed by atoms with Crippen LogP contribution in [-0.2, 0) is 19.3 Å². The second kappa shape index (κ2) is 7.32. The molecule has 2 aromatic carbocycles. The van der Waals surface area contributed by atoms with E-state index in [1.807, 2.05) is 12.1 Å². The van der Waals surface area contributed by atoms with Crippen molar-refractivity contribution >= 4 is 22.8 Å². The monoisotopic (exact) mass is 419 g/mol. The molecule has 10 heteroatoms. The zero-order valence-electron chi connectivity index (χ0n) is 14.8. The Bertz CT molecular complexity index is 1250. The second-order valence-electron chi connectivity index (χ2n) is 6.34. The van der Waals surface area contributed by atoms with Gasteiger partial charge in [0, 0.05) is 5.02 Å². The fraction of sp³-hybridized carbons (Fsp3) is 0.158. The summed E-state index contributed by atoms with van der Waals surface area (Å²) in [5, 5.41) is 8.35. The standard InChI is InChI=1S/C19H13ClF3N5O/c20-15-8-4-2-6-13(15)10-28-17-16(25-26-28)18(29)27(11-24-17)9-12-5-1-3-7-14(12)19(21,22)23/h1-8,11H,9-10H2. The number of hydrogen-bond donors (Lipinski definition) is 0. The first-order chi connectivity index (χ1) is 13.8. The lowest BCUT2D eigenvalue weighted by Gasteiger charge is -2.13. The molecule has 0 aliphatic rings. The molecule has 0 amide bonds. The smallest absolute Gasteiger partial charge is 0.293 e. The van der Waals surface area contributed by atoms with Gasteiger partial charge in [0.25, 0.3) is 5.56 Å². The molecule has 0 saturated heterocycles. The first kappa shape index (κ1) is 19.1. The average Bonchev–Trinajstić information content (AvgIpc) is 3.09. The molecule has 0 fully saturated rings. The van der Waals surface area contributed by atoms with Gasteiger partial charge in [-0.3, -0.25) is 9.36 Å². The van der Waals surface area contributed by atoms with E-state index >= 15 is 0 Å². The normalized spacial score (nSPS) is 11.9. The topological polar surface area (TPSA) is 65.6 Å². The summed E-state index contributed by atoms with van der Waals surface area (Å²) in [6.45, 7) is -0.0294. The lowest BCUT2D eigenvalue weighted by atomic mass is 10.1. The summed E-state index contributed by atoms with van der Waals surface area (Å²) in [6.07, 6.45) is -3.32. The molecule has 2 aromatic heterocycles. The molecule has 29 heavy (non-hydrogen) atoms. The molecule has 0 unspecified atom stereocenters. The number of hydrogen-bond acceptors (Lipinski definition) is 4. The number of aromatic nitrogens is 5. The summed E-state index contributed by atoms with van der Waals surface area (Å²) in [7, 11) is 0. The Morgan fingerprint density at radius 3 is 2.38 bits per heavy atom. The van der Waals surface area contributed by atoms with Crippen LogP contribution < -0.4 is 5.56 Å². The fourth-order valence-corrected chi connectivity index (χ4v) is 3.21. The van der Waals surface area contributed by atoms with Crippen molar-refractivity contribution < 1.29 is 13.2 Å². The highest BCUT2D eigenvalue weighted by Gasteiger charge is 2.33. The number of nitrogens with zero attached hydrogens (tertiary/aromatic N) is 5. The maximum Gasteiger partial charge on any atom is 0.416 e. The molecule has 0 atom stereocenters. The predicted molar refractivity (Wildman–Crippen MR) is 101 cm³/mol. The van der Waals surface area contributed by atoms with E-state index in [0.717, 1.165) is 16.2 Å². The van der Waals surface area contributed by atoms with Crippen LogP contribution in [0.2, 0.25) is 5.02 Å². The van der Waals surface area contributed by atoms with E-state index in [-0.39, 0.29) is 29.8 Å². The van der Waals surface area contributed by atoms with Crippen molar-refractivity contribution in [3.05, 3.63) is 86.9 Å². The molecule has 2 heterocycles. The molecule has 0 aliphatic carbocycles. The maximum absolute atomic E-state index is 13.2. The number of halogens is 4. The van der Waals surface area contributed by atoms with Crippen LogP contribution in [0.1, 0.15) is 16.7 Å². The molecule has 0 radical (unpaired) electrons. The summed E-state index contributed by atoms with van der Waals surface area (Å²) < 4.78 is 42.1. The van der Waals surface area contributed by atoms with Crippen LogP contribution in [0, 0.1) is 0 Å². The lowest BCUT2D eigenvalue weighted by Crippen LogP contribution is -2.23. The minimum absolute atomic E-state index is 0.0240. The average molecular weight is 420 g/mol. The molecule has 148 valence electrons. The van der Waals surface area contributed by atoms with E-state index in [4.69, 9.17) is 11.6 Å². The summed E-state index contributed by atoms with van der Waals surface area (Å²) in [5.41, 5.74) is -0.427. The highest BCUT2D eigenvalue weighted by atomic mass is 35.5. The zero-order chi connectivity index (χ0) is 20.6. The van der Waals surface area contributed by atoms with E-state index < -0.39 is 17.3 Å². The third-order valence-corrected chi connectivity index (χ3v) is 4.80. The van der Waals surface area contributed by atoms with Crippen LogP contribution in [-0.4, -0.2) is 24.5 Å². The Kier molecular flexibility index (Phi) is 4.83. The van der Waals surface area contributed by atoms with E-state index in [2.05, 4.69) is 15.3 Å². The summed E-state index contributed by atoms with van der Waals surface area (Å²) in [5.74, 6) is 0. The van der Waals surface area contributed by atoms with Crippen molar-refractivity contribution in [2.45, 2.75) is 19.3 Å². The molecule has 4 rings (SSSR count). The van der Waals surface area contributed by atoms with Crippen LogP contribution >= 0.6 is 11.6 Å². The molecular weight excluding hydrogens is 407 g/mol. The molecular formula is C19H13ClF3N5O. The van der Waals surface area contributed by atoms with Crippen LogP contribution in [0.4, 0.5) is 13.2 Å². The Morgan fingerprint density at radius 1 is 0.966 bits per heavy atom. The predicted octanol–water partition coefficient (Wildman–Crippen LogP) is 3.76. The summed E-state index contributed by atoms with van der Waals surface area (Å²) in [6, 6.07) is 12.2. The highest BCUT2D eigenvalue weighted by Crippen LogP contribution is 2.32. The second-order valence-corrected chi connectivity index (χ2v) is 6.75. The Morgan fingerprint density at radius 2 is 1.66 bits per heavy atom. The quantitative estimate of drug-likeness (QED) is 0.505. The molecule has 0 saturated carbocycles. The number of benzene rings is 2. The third-order valence-electron chi connectivity index (χ3n) is 4.43. The van der Waals surface area contributed by atoms with Crippen molar-refractivity contribution in [3.8, 4) is 0 Å². The van der Waals surface area contributed by atoms with Gasteiger partial charge < -0.3 is 0 Å². The molecule has 0 aliphatic heterocycles. The Hall–Kier alpha value is -3.20. The van der Waals surface area contributed by atoms with E-state index in [1.54, 1.807) is 12.1 Å². The maximum atomic E-state index is 13.2. The van der Waals surface area contributed by atoms with Crippen LogP contribution in [0.3, 0.4) is 0 Å². The first-order valence-electron chi connectivity index (χ1n) is 8.52. The van der Waals surface area contributed by atoms with Gasteiger partial charge in [0.15, 0.2) is 11.2 Å². The Balaban J connectivity index is 1.70. The molecule has 6 nitrogen and oxygen atoms in total. The first-order valence-corrected chi connectivity index (χ1v) is 8.89. The third kappa shape index (κ3) is 3.73. The van der Waals surface area contributed by atoms with Crippen LogP contribution in [0.25, 0.3) is 11.2 Å². The van der Waals surface area contributed by atoms with Gasteiger partial charge in [-0.05, 0) is 23.3 Å². The highest BCUT2D eigenvalue weighted by molar-refractivity contribution is 6.31. The number of rotatable bonds is 4. The SMILES string of the molecule is O=c1c2nnn(Cc3ccccc3Cl)c2ncn1Cc1ccccc1C(F)(F)F. The zero-order valence-corrected chi connectivity index (χ0v) is 15.5. The summed E-state index contributed by atoms with van der Waals surface area (Å²) >= 11 is 6.15. The van der Waals surface area contributed by atoms with Crippen LogP contribution in [0.5, 0.6) is 0 Å². The van der Waals surface area contributed by atoms with Crippen LogP contribution in [0.15, 0.2) is 59.7 Å². The lowest BCUT2D eigenvalue weighted by molar-refractivity contribution is -0.138. The van der Waals surface area contributed by atoms with Crippen molar-refractivity contribution in [2.24, 2.45) is 0 Å². The van der Waals surface area contributed by atoms with E-state index in [1.165, 1.54) is 29.2 Å². The van der Waals surface area contributed by atoms with Gasteiger partial charge in [0.05, 0.1) is 18.7 Å². The van der Waals surface area contributed by atoms with Crippen molar-refractivity contribution in [1.82, 2.24) is 24.5 Å². The van der Waals surface area contributed by atoms with Gasteiger partial charge in [-0.25, -0.2) is 9.67 Å². The Labute approximate surface area is 167 Å². The fourth-order valence-electron chi connectivity index (χ4n) is 3.01. The van der Waals surface area contributed by atoms with Gasteiger partial charge in [-0.15, -0.1) is 5.10 Å². The van der Waals surface area contributed by atoms with E-state index in [0.29, 0.717) is 5.02 Å². The van der Waals surface area contributed by atoms with Crippen molar-refractivity contribution in [3.63, 3.8) is 0 Å². The largest absolute Gasteiger partial charge is 0.416 e. The van der Waals surface area contributed by atoms with Gasteiger partial charge >= 0.3 is 6.18 Å². The van der Waals surface area contributed by atoms with Gasteiger partial charge in [-0.1, -0.05) is 53.2 Å². The van der Waals surface area contributed by atoms with Gasteiger partial charge in [0.2, 0.25) is 0 Å². The number of fused-ring (bicyclic) bond motifs is 1. The number of alkyl halides is 3. The minimum Gasteiger partial charge on any atom is -0.293 e. The van der Waals surface area contributed by atoms with Gasteiger partial charge in [-0.2, -0.15) is 13.2 Å².